The van der Waals surface area contributed by atoms with Crippen LogP contribution in [-0.2, 0) is 11.2 Å². The topological polar surface area (TPSA) is 99.6 Å². The Bertz CT molecular complexity index is 1260. The van der Waals surface area contributed by atoms with Gasteiger partial charge in [-0.05, 0) is 75.4 Å². The fourth-order valence-corrected chi connectivity index (χ4v) is 4.15. The summed E-state index contributed by atoms with van der Waals surface area (Å²) in [6, 6.07) is 6.85. The van der Waals surface area contributed by atoms with E-state index in [4.69, 9.17) is 14.2 Å². The first kappa shape index (κ1) is 24.2. The van der Waals surface area contributed by atoms with Crippen molar-refractivity contribution in [1.29, 1.82) is 0 Å². The predicted octanol–water partition coefficient (Wildman–Crippen LogP) is 4.74. The number of ether oxygens (including phenoxy) is 3. The molecule has 0 aliphatic carbocycles. The van der Waals surface area contributed by atoms with Crippen molar-refractivity contribution in [1.82, 2.24) is 9.97 Å². The summed E-state index contributed by atoms with van der Waals surface area (Å²) in [4.78, 5) is 32.1. The lowest BCUT2D eigenvalue weighted by Gasteiger charge is -2.37. The summed E-state index contributed by atoms with van der Waals surface area (Å²) < 4.78 is 17.9. The highest BCUT2D eigenvalue weighted by molar-refractivity contribution is 6.03. The summed E-state index contributed by atoms with van der Waals surface area (Å²) in [7, 11) is 0. The number of carbonyl (C=O) groups excluding carboxylic acids is 2. The molecule has 0 spiro atoms. The molecule has 8 nitrogen and oxygen atoms in total. The Morgan fingerprint density at radius 3 is 2.57 bits per heavy atom. The van der Waals surface area contributed by atoms with Crippen molar-refractivity contribution in [2.45, 2.75) is 53.1 Å². The van der Waals surface area contributed by atoms with Crippen LogP contribution in [0.15, 0.2) is 42.9 Å². The number of amides is 1. The lowest BCUT2D eigenvalue weighted by molar-refractivity contribution is -0.132. The molecule has 1 unspecified atom stereocenters. The number of hydrogen-bond acceptors (Lipinski definition) is 7. The van der Waals surface area contributed by atoms with Gasteiger partial charge in [0.2, 0.25) is 5.88 Å². The van der Waals surface area contributed by atoms with E-state index >= 15 is 0 Å². The van der Waals surface area contributed by atoms with Gasteiger partial charge in [-0.1, -0.05) is 0 Å². The smallest absolute Gasteiger partial charge is 0.308 e. The van der Waals surface area contributed by atoms with Crippen LogP contribution in [0.1, 0.15) is 52.9 Å². The van der Waals surface area contributed by atoms with E-state index in [1.165, 1.54) is 13.1 Å². The molecule has 2 aromatic heterocycles. The molecular formula is C27H29N3O5. The van der Waals surface area contributed by atoms with Crippen molar-refractivity contribution in [3.05, 3.63) is 70.7 Å². The summed E-state index contributed by atoms with van der Waals surface area (Å²) in [6.07, 6.45) is 6.19. The molecule has 0 fully saturated rings. The largest absolute Gasteiger partial charge is 0.483 e. The van der Waals surface area contributed by atoms with Crippen molar-refractivity contribution in [2.75, 3.05) is 11.9 Å². The van der Waals surface area contributed by atoms with Gasteiger partial charge < -0.3 is 19.5 Å². The quantitative estimate of drug-likeness (QED) is 0.406. The molecule has 1 amide bonds. The maximum atomic E-state index is 12.3. The number of benzene rings is 1. The highest BCUT2D eigenvalue weighted by Gasteiger charge is 2.36. The van der Waals surface area contributed by atoms with E-state index in [1.807, 2.05) is 27.7 Å². The SMILES string of the molecule is CC(=O)Oc1c(C)c(C)c2c(c1C)CCC(C)(COc1ccc(NC(=O)c3cccnc3)cn1)O2. The second kappa shape index (κ2) is 9.74. The normalized spacial score (nSPS) is 16.6. The van der Waals surface area contributed by atoms with E-state index in [2.05, 4.69) is 15.3 Å². The van der Waals surface area contributed by atoms with E-state index in [1.54, 1.807) is 36.7 Å². The van der Waals surface area contributed by atoms with Crippen molar-refractivity contribution in [3.8, 4) is 17.4 Å². The van der Waals surface area contributed by atoms with E-state index in [9.17, 15) is 9.59 Å². The minimum absolute atomic E-state index is 0.256. The van der Waals surface area contributed by atoms with Gasteiger partial charge in [-0.15, -0.1) is 0 Å². The van der Waals surface area contributed by atoms with Gasteiger partial charge in [0, 0.05) is 30.9 Å². The van der Waals surface area contributed by atoms with Crippen LogP contribution in [0.2, 0.25) is 0 Å². The first-order valence-corrected chi connectivity index (χ1v) is 11.5. The Balaban J connectivity index is 1.42. The Morgan fingerprint density at radius 1 is 1.11 bits per heavy atom. The molecule has 182 valence electrons. The van der Waals surface area contributed by atoms with Gasteiger partial charge in [0.25, 0.3) is 5.91 Å². The van der Waals surface area contributed by atoms with Gasteiger partial charge >= 0.3 is 5.97 Å². The van der Waals surface area contributed by atoms with Crippen LogP contribution < -0.4 is 19.5 Å². The van der Waals surface area contributed by atoms with Gasteiger partial charge in [0.05, 0.1) is 17.4 Å². The highest BCUT2D eigenvalue weighted by atomic mass is 16.6. The summed E-state index contributed by atoms with van der Waals surface area (Å²) in [6.45, 7) is 9.61. The molecule has 1 aromatic carbocycles. The zero-order valence-electron chi connectivity index (χ0n) is 20.6. The lowest BCUT2D eigenvalue weighted by Crippen LogP contribution is -2.42. The van der Waals surface area contributed by atoms with Crippen molar-refractivity contribution in [3.63, 3.8) is 0 Å². The summed E-state index contributed by atoms with van der Waals surface area (Å²) >= 11 is 0. The molecular weight excluding hydrogens is 446 g/mol. The second-order valence-corrected chi connectivity index (χ2v) is 9.03. The Kier molecular flexibility index (Phi) is 6.73. The van der Waals surface area contributed by atoms with E-state index in [0.717, 1.165) is 40.8 Å². The number of nitrogens with one attached hydrogen (secondary N) is 1. The molecule has 0 saturated carbocycles. The Hall–Kier alpha value is -3.94. The number of rotatable bonds is 6. The zero-order valence-corrected chi connectivity index (χ0v) is 20.6. The van der Waals surface area contributed by atoms with Crippen LogP contribution in [0.25, 0.3) is 0 Å². The molecule has 0 bridgehead atoms. The Morgan fingerprint density at radius 2 is 1.91 bits per heavy atom. The number of aromatic nitrogens is 2. The fourth-order valence-electron chi connectivity index (χ4n) is 4.15. The first-order chi connectivity index (χ1) is 16.7. The average Bonchev–Trinajstić information content (AvgIpc) is 2.85. The Labute approximate surface area is 204 Å². The number of esters is 1. The van der Waals surface area contributed by atoms with E-state index < -0.39 is 5.60 Å². The molecule has 3 aromatic rings. The predicted molar refractivity (Wildman–Crippen MR) is 131 cm³/mol. The molecule has 4 rings (SSSR count). The summed E-state index contributed by atoms with van der Waals surface area (Å²) in [5.74, 6) is 1.30. The van der Waals surface area contributed by atoms with Crippen molar-refractivity contribution in [2.24, 2.45) is 0 Å². The van der Waals surface area contributed by atoms with Crippen LogP contribution in [0.4, 0.5) is 5.69 Å². The summed E-state index contributed by atoms with van der Waals surface area (Å²) in [5.41, 5.74) is 4.34. The van der Waals surface area contributed by atoms with E-state index in [-0.39, 0.29) is 11.9 Å². The standard InChI is InChI=1S/C27H29N3O5/c1-16-17(2)25-22(18(3)24(16)34-19(4)31)10-11-27(5,35-25)15-33-23-9-8-21(14-29-23)30-26(32)20-7-6-12-28-13-20/h6-9,12-14H,10-11,15H2,1-5H3,(H,30,32). The lowest BCUT2D eigenvalue weighted by atomic mass is 9.87. The molecule has 3 heterocycles. The number of carbonyl (C=O) groups is 2. The fraction of sp³-hybridized carbons (Fsp3) is 0.333. The number of fused-ring (bicyclic) bond motifs is 1. The number of hydrogen-bond donors (Lipinski definition) is 1. The third-order valence-corrected chi connectivity index (χ3v) is 6.25. The van der Waals surface area contributed by atoms with Crippen molar-refractivity contribution < 1.29 is 23.8 Å². The van der Waals surface area contributed by atoms with Crippen LogP contribution in [-0.4, -0.2) is 34.1 Å². The van der Waals surface area contributed by atoms with Crippen LogP contribution in [0, 0.1) is 20.8 Å². The van der Waals surface area contributed by atoms with Crippen LogP contribution >= 0.6 is 0 Å². The molecule has 1 atom stereocenters. The van der Waals surface area contributed by atoms with Crippen molar-refractivity contribution >= 4 is 17.6 Å². The monoisotopic (exact) mass is 475 g/mol. The van der Waals surface area contributed by atoms with Crippen LogP contribution in [0.5, 0.6) is 17.4 Å². The van der Waals surface area contributed by atoms with Gasteiger partial charge in [-0.2, -0.15) is 0 Å². The molecule has 1 aliphatic heterocycles. The summed E-state index contributed by atoms with van der Waals surface area (Å²) in [5, 5.41) is 2.79. The van der Waals surface area contributed by atoms with Gasteiger partial charge in [-0.25, -0.2) is 4.98 Å². The maximum absolute atomic E-state index is 12.3. The number of anilines is 1. The molecule has 8 heteroatoms. The molecule has 0 radical (unpaired) electrons. The van der Waals surface area contributed by atoms with Gasteiger partial charge in [0.1, 0.15) is 23.7 Å². The van der Waals surface area contributed by atoms with Gasteiger partial charge in [-0.3, -0.25) is 14.6 Å². The minimum Gasteiger partial charge on any atom is -0.483 e. The molecule has 35 heavy (non-hydrogen) atoms. The maximum Gasteiger partial charge on any atom is 0.308 e. The average molecular weight is 476 g/mol. The molecule has 0 saturated heterocycles. The number of nitrogens with zero attached hydrogens (tertiary/aromatic N) is 2. The first-order valence-electron chi connectivity index (χ1n) is 11.5. The third kappa shape index (κ3) is 5.26. The highest BCUT2D eigenvalue weighted by Crippen LogP contribution is 2.43. The molecule has 1 aliphatic rings. The minimum atomic E-state index is -0.547. The van der Waals surface area contributed by atoms with Gasteiger partial charge in [0.15, 0.2) is 0 Å². The second-order valence-electron chi connectivity index (χ2n) is 9.03. The third-order valence-electron chi connectivity index (χ3n) is 6.25. The molecule has 1 N–H and O–H groups in total. The zero-order chi connectivity index (χ0) is 25.2. The number of pyridine rings is 2. The van der Waals surface area contributed by atoms with Crippen LogP contribution in [0.3, 0.4) is 0 Å². The van der Waals surface area contributed by atoms with E-state index in [0.29, 0.717) is 29.5 Å².